The van der Waals surface area contributed by atoms with Gasteiger partial charge in [-0.3, -0.25) is 9.59 Å². The Kier molecular flexibility index (Phi) is 4.62. The monoisotopic (exact) mass is 293 g/mol. The van der Waals surface area contributed by atoms with E-state index in [0.29, 0.717) is 11.7 Å². The van der Waals surface area contributed by atoms with E-state index >= 15 is 0 Å². The number of imidazole rings is 1. The molecule has 7 heteroatoms. The van der Waals surface area contributed by atoms with Crippen LogP contribution in [0.15, 0.2) is 29.4 Å². The highest BCUT2D eigenvalue weighted by Gasteiger charge is 2.23. The molecule has 0 aliphatic carbocycles. The van der Waals surface area contributed by atoms with Crippen LogP contribution >= 0.6 is 11.8 Å². The summed E-state index contributed by atoms with van der Waals surface area (Å²) < 4.78 is 0. The minimum atomic E-state index is -1.03. The average molecular weight is 293 g/mol. The van der Waals surface area contributed by atoms with Crippen LogP contribution in [-0.4, -0.2) is 38.7 Å². The molecule has 1 aromatic heterocycles. The molecule has 0 aliphatic rings. The number of para-hydroxylation sites is 2. The van der Waals surface area contributed by atoms with Crippen LogP contribution in [0.25, 0.3) is 11.0 Å². The lowest BCUT2D eigenvalue weighted by Crippen LogP contribution is -2.29. The molecule has 0 bridgehead atoms. The summed E-state index contributed by atoms with van der Waals surface area (Å²) in [5.41, 5.74) is 1.62. The third-order valence-electron chi connectivity index (χ3n) is 2.64. The maximum atomic E-state index is 11.5. The van der Waals surface area contributed by atoms with Crippen LogP contribution < -0.4 is 5.32 Å². The minimum Gasteiger partial charge on any atom is -0.480 e. The van der Waals surface area contributed by atoms with Crippen molar-refractivity contribution in [1.82, 2.24) is 15.3 Å². The Labute approximate surface area is 120 Å². The molecule has 0 fully saturated rings. The van der Waals surface area contributed by atoms with Crippen molar-refractivity contribution < 1.29 is 14.7 Å². The van der Waals surface area contributed by atoms with Gasteiger partial charge in [-0.25, -0.2) is 4.98 Å². The number of hydrogen-bond donors (Lipinski definition) is 3. The zero-order chi connectivity index (χ0) is 14.5. The SMILES string of the molecule is CCNC(=O)CC(Sc1nc2ccccc2[nH]1)C(=O)O. The van der Waals surface area contributed by atoms with E-state index in [-0.39, 0.29) is 12.3 Å². The maximum absolute atomic E-state index is 11.5. The molecule has 0 saturated heterocycles. The lowest BCUT2D eigenvalue weighted by Gasteiger charge is -2.09. The molecule has 1 amide bonds. The van der Waals surface area contributed by atoms with E-state index in [2.05, 4.69) is 15.3 Å². The number of H-pyrrole nitrogens is 1. The van der Waals surface area contributed by atoms with Crippen molar-refractivity contribution in [1.29, 1.82) is 0 Å². The lowest BCUT2D eigenvalue weighted by atomic mass is 10.3. The Morgan fingerprint density at radius 1 is 1.45 bits per heavy atom. The molecule has 3 N–H and O–H groups in total. The Morgan fingerprint density at radius 2 is 2.20 bits per heavy atom. The number of aromatic amines is 1. The third-order valence-corrected chi connectivity index (χ3v) is 3.71. The van der Waals surface area contributed by atoms with Gasteiger partial charge in [-0.15, -0.1) is 0 Å². The van der Waals surface area contributed by atoms with E-state index in [1.807, 2.05) is 24.3 Å². The van der Waals surface area contributed by atoms with E-state index in [1.165, 1.54) is 0 Å². The molecule has 0 aliphatic heterocycles. The van der Waals surface area contributed by atoms with Gasteiger partial charge in [-0.05, 0) is 19.1 Å². The van der Waals surface area contributed by atoms with Crippen LogP contribution in [0.2, 0.25) is 0 Å². The van der Waals surface area contributed by atoms with Gasteiger partial charge in [0.1, 0.15) is 5.25 Å². The molecule has 1 atom stereocenters. The summed E-state index contributed by atoms with van der Waals surface area (Å²) in [5.74, 6) is -1.30. The Morgan fingerprint density at radius 3 is 2.85 bits per heavy atom. The largest absolute Gasteiger partial charge is 0.480 e. The molecule has 1 unspecified atom stereocenters. The van der Waals surface area contributed by atoms with E-state index < -0.39 is 11.2 Å². The molecule has 0 saturated carbocycles. The molecule has 0 radical (unpaired) electrons. The van der Waals surface area contributed by atoms with Crippen molar-refractivity contribution in [3.05, 3.63) is 24.3 Å². The molecular formula is C13H15N3O3S. The molecule has 1 heterocycles. The van der Waals surface area contributed by atoms with Crippen molar-refractivity contribution >= 4 is 34.7 Å². The van der Waals surface area contributed by atoms with Gasteiger partial charge >= 0.3 is 5.97 Å². The summed E-state index contributed by atoms with van der Waals surface area (Å²) in [4.78, 5) is 30.1. The van der Waals surface area contributed by atoms with Crippen LogP contribution in [0.4, 0.5) is 0 Å². The van der Waals surface area contributed by atoms with Crippen molar-refractivity contribution in [3.8, 4) is 0 Å². The number of thioether (sulfide) groups is 1. The third kappa shape index (κ3) is 3.51. The summed E-state index contributed by atoms with van der Waals surface area (Å²) in [7, 11) is 0. The smallest absolute Gasteiger partial charge is 0.317 e. The first-order valence-electron chi connectivity index (χ1n) is 6.21. The van der Waals surface area contributed by atoms with E-state index in [1.54, 1.807) is 6.92 Å². The lowest BCUT2D eigenvalue weighted by molar-refractivity contribution is -0.138. The number of carboxylic acid groups (broad SMARTS) is 1. The van der Waals surface area contributed by atoms with Crippen LogP contribution in [0, 0.1) is 0 Å². The fourth-order valence-electron chi connectivity index (χ4n) is 1.74. The summed E-state index contributed by atoms with van der Waals surface area (Å²) in [6, 6.07) is 7.45. The molecule has 106 valence electrons. The second-order valence-corrected chi connectivity index (χ2v) is 5.35. The minimum absolute atomic E-state index is 0.0785. The number of carboxylic acids is 1. The number of aliphatic carboxylic acids is 1. The molecule has 1 aromatic carbocycles. The van der Waals surface area contributed by atoms with Gasteiger partial charge in [-0.2, -0.15) is 0 Å². The number of amides is 1. The molecule has 2 aromatic rings. The molecule has 2 rings (SSSR count). The number of carbonyl (C=O) groups is 2. The van der Waals surface area contributed by atoms with Crippen molar-refractivity contribution in [2.75, 3.05) is 6.54 Å². The van der Waals surface area contributed by atoms with Crippen LogP contribution in [0.5, 0.6) is 0 Å². The van der Waals surface area contributed by atoms with Crippen LogP contribution in [0.1, 0.15) is 13.3 Å². The van der Waals surface area contributed by atoms with Gasteiger partial charge in [0.2, 0.25) is 5.91 Å². The van der Waals surface area contributed by atoms with Gasteiger partial charge in [0, 0.05) is 13.0 Å². The van der Waals surface area contributed by atoms with Gasteiger partial charge in [-0.1, -0.05) is 23.9 Å². The van der Waals surface area contributed by atoms with Crippen LogP contribution in [-0.2, 0) is 9.59 Å². The predicted octanol–water partition coefficient (Wildman–Crippen LogP) is 1.63. The number of aromatic nitrogens is 2. The molecule has 6 nitrogen and oxygen atoms in total. The summed E-state index contributed by atoms with van der Waals surface area (Å²) in [6.45, 7) is 2.28. The fourth-order valence-corrected chi connectivity index (χ4v) is 2.66. The highest BCUT2D eigenvalue weighted by molar-refractivity contribution is 8.00. The van der Waals surface area contributed by atoms with Gasteiger partial charge in [0.15, 0.2) is 5.16 Å². The zero-order valence-corrected chi connectivity index (χ0v) is 11.7. The summed E-state index contributed by atoms with van der Waals surface area (Å²) >= 11 is 1.05. The van der Waals surface area contributed by atoms with Gasteiger partial charge < -0.3 is 15.4 Å². The number of rotatable bonds is 6. The van der Waals surface area contributed by atoms with E-state index in [0.717, 1.165) is 22.8 Å². The summed E-state index contributed by atoms with van der Waals surface area (Å²) in [5, 5.41) is 11.4. The number of fused-ring (bicyclic) bond motifs is 1. The number of hydrogen-bond acceptors (Lipinski definition) is 4. The number of nitrogens with one attached hydrogen (secondary N) is 2. The molecular weight excluding hydrogens is 278 g/mol. The quantitative estimate of drug-likeness (QED) is 0.704. The highest BCUT2D eigenvalue weighted by Crippen LogP contribution is 2.25. The van der Waals surface area contributed by atoms with Crippen molar-refractivity contribution in [3.63, 3.8) is 0 Å². The standard InChI is InChI=1S/C13H15N3O3S/c1-2-14-11(17)7-10(12(18)19)20-13-15-8-5-3-4-6-9(8)16-13/h3-6,10H,2,7H2,1H3,(H,14,17)(H,15,16)(H,18,19). The van der Waals surface area contributed by atoms with Crippen molar-refractivity contribution in [2.45, 2.75) is 23.8 Å². The first-order chi connectivity index (χ1) is 9.60. The maximum Gasteiger partial charge on any atom is 0.317 e. The topological polar surface area (TPSA) is 95.1 Å². The zero-order valence-electron chi connectivity index (χ0n) is 10.9. The Bertz CT molecular complexity index is 593. The summed E-state index contributed by atoms with van der Waals surface area (Å²) in [6.07, 6.45) is -0.0785. The number of benzene rings is 1. The Hall–Kier alpha value is -2.02. The van der Waals surface area contributed by atoms with Gasteiger partial charge in [0.25, 0.3) is 0 Å². The molecule has 20 heavy (non-hydrogen) atoms. The highest BCUT2D eigenvalue weighted by atomic mass is 32.2. The number of carbonyl (C=O) groups excluding carboxylic acids is 1. The normalized spacial score (nSPS) is 12.2. The first kappa shape index (κ1) is 14.4. The molecule has 0 spiro atoms. The predicted molar refractivity (Wildman–Crippen MR) is 76.7 cm³/mol. The van der Waals surface area contributed by atoms with Crippen LogP contribution in [0.3, 0.4) is 0 Å². The Balaban J connectivity index is 2.11. The average Bonchev–Trinajstić information content (AvgIpc) is 2.80. The first-order valence-corrected chi connectivity index (χ1v) is 7.09. The van der Waals surface area contributed by atoms with Crippen molar-refractivity contribution in [2.24, 2.45) is 0 Å². The van der Waals surface area contributed by atoms with E-state index in [9.17, 15) is 14.7 Å². The van der Waals surface area contributed by atoms with E-state index in [4.69, 9.17) is 0 Å². The number of nitrogens with zero attached hydrogens (tertiary/aromatic N) is 1. The second-order valence-electron chi connectivity index (χ2n) is 4.16. The second kappa shape index (κ2) is 6.42. The van der Waals surface area contributed by atoms with Gasteiger partial charge in [0.05, 0.1) is 11.0 Å². The fraction of sp³-hybridized carbons (Fsp3) is 0.308.